The first-order chi connectivity index (χ1) is 15.7. The van der Waals surface area contributed by atoms with Crippen molar-refractivity contribution in [2.24, 2.45) is 23.2 Å². The third-order valence-corrected chi connectivity index (χ3v) is 8.69. The van der Waals surface area contributed by atoms with Gasteiger partial charge in [0.1, 0.15) is 0 Å². The quantitative estimate of drug-likeness (QED) is 0.299. The van der Waals surface area contributed by atoms with E-state index in [0.717, 1.165) is 73.1 Å². The van der Waals surface area contributed by atoms with E-state index in [0.29, 0.717) is 17.2 Å². The standard InChI is InChI=1S/C28H36ClNO3/c1-4-5-6-33-26(32)22-11-21-20(10-23(22)29)16-27(2,3)30-24(21)12-25(31)28-13-17-7-18(14-28)9-19(8-17)15-28/h10-12,17-19,30H,4-9,13-16H2,1-3H3/b24-12-. The zero-order valence-corrected chi connectivity index (χ0v) is 20.9. The molecule has 4 aliphatic carbocycles. The number of ketones is 1. The lowest BCUT2D eigenvalue weighted by molar-refractivity contribution is -0.138. The smallest absolute Gasteiger partial charge is 0.339 e. The van der Waals surface area contributed by atoms with Crippen LogP contribution in [0.25, 0.3) is 5.70 Å². The summed E-state index contributed by atoms with van der Waals surface area (Å²) in [7, 11) is 0. The van der Waals surface area contributed by atoms with Crippen molar-refractivity contribution in [2.75, 3.05) is 6.61 Å². The van der Waals surface area contributed by atoms with Crippen molar-refractivity contribution in [3.05, 3.63) is 39.9 Å². The summed E-state index contributed by atoms with van der Waals surface area (Å²) in [6.45, 7) is 6.73. The van der Waals surface area contributed by atoms with E-state index in [1.165, 1.54) is 19.3 Å². The highest BCUT2D eigenvalue weighted by Crippen LogP contribution is 2.60. The normalized spacial score (nSPS) is 32.4. The number of halogens is 1. The van der Waals surface area contributed by atoms with Gasteiger partial charge in [-0.25, -0.2) is 4.79 Å². The number of allylic oxidation sites excluding steroid dienone is 1. The first-order valence-electron chi connectivity index (χ1n) is 12.7. The van der Waals surface area contributed by atoms with Crippen LogP contribution in [0.5, 0.6) is 0 Å². The van der Waals surface area contributed by atoms with E-state index in [4.69, 9.17) is 16.3 Å². The summed E-state index contributed by atoms with van der Waals surface area (Å²) < 4.78 is 5.43. The van der Waals surface area contributed by atoms with Crippen molar-refractivity contribution in [3.63, 3.8) is 0 Å². The summed E-state index contributed by atoms with van der Waals surface area (Å²) in [5, 5.41) is 4.01. The van der Waals surface area contributed by atoms with Gasteiger partial charge in [0.2, 0.25) is 0 Å². The number of hydrogen-bond acceptors (Lipinski definition) is 4. The Morgan fingerprint density at radius 2 is 1.76 bits per heavy atom. The van der Waals surface area contributed by atoms with E-state index in [1.54, 1.807) is 0 Å². The van der Waals surface area contributed by atoms with E-state index in [2.05, 4.69) is 26.1 Å². The minimum atomic E-state index is -0.396. The van der Waals surface area contributed by atoms with Crippen molar-refractivity contribution < 1.29 is 14.3 Å². The van der Waals surface area contributed by atoms with Crippen molar-refractivity contribution in [1.29, 1.82) is 0 Å². The topological polar surface area (TPSA) is 55.4 Å². The number of carbonyl (C=O) groups is 2. The van der Waals surface area contributed by atoms with Gasteiger partial charge < -0.3 is 10.1 Å². The van der Waals surface area contributed by atoms with Crippen molar-refractivity contribution in [1.82, 2.24) is 5.32 Å². The molecule has 0 radical (unpaired) electrons. The fourth-order valence-electron chi connectivity index (χ4n) is 7.32. The van der Waals surface area contributed by atoms with Crippen LogP contribution in [0.3, 0.4) is 0 Å². The molecule has 5 aliphatic rings. The van der Waals surface area contributed by atoms with Crippen LogP contribution >= 0.6 is 11.6 Å². The van der Waals surface area contributed by atoms with Crippen molar-refractivity contribution in [3.8, 4) is 0 Å². The van der Waals surface area contributed by atoms with Crippen LogP contribution in [-0.4, -0.2) is 23.9 Å². The highest BCUT2D eigenvalue weighted by Gasteiger charge is 2.54. The second-order valence-electron chi connectivity index (χ2n) is 11.8. The highest BCUT2D eigenvalue weighted by atomic mass is 35.5. The maximum absolute atomic E-state index is 13.8. The van der Waals surface area contributed by atoms with E-state index in [1.807, 2.05) is 18.2 Å². The average Bonchev–Trinajstić information content (AvgIpc) is 2.71. The van der Waals surface area contributed by atoms with Gasteiger partial charge in [-0.1, -0.05) is 24.9 Å². The van der Waals surface area contributed by atoms with Gasteiger partial charge in [0, 0.05) is 28.3 Å². The number of esters is 1. The summed E-state index contributed by atoms with van der Waals surface area (Å²) >= 11 is 6.52. The molecule has 4 nitrogen and oxygen atoms in total. The van der Waals surface area contributed by atoms with Crippen LogP contribution in [0.2, 0.25) is 5.02 Å². The van der Waals surface area contributed by atoms with Gasteiger partial charge in [-0.05, 0) is 101 Å². The van der Waals surface area contributed by atoms with Crippen LogP contribution in [0.4, 0.5) is 0 Å². The molecule has 1 N–H and O–H groups in total. The summed E-state index contributed by atoms with van der Waals surface area (Å²) in [5.41, 5.74) is 2.78. The molecule has 0 amide bonds. The zero-order chi connectivity index (χ0) is 23.4. The number of rotatable bonds is 6. The predicted molar refractivity (Wildman–Crippen MR) is 131 cm³/mol. The van der Waals surface area contributed by atoms with Crippen LogP contribution in [0.1, 0.15) is 93.6 Å². The van der Waals surface area contributed by atoms with Gasteiger partial charge in [-0.3, -0.25) is 4.79 Å². The van der Waals surface area contributed by atoms with E-state index in [-0.39, 0.29) is 16.7 Å². The molecular weight excluding hydrogens is 434 g/mol. The summed E-state index contributed by atoms with van der Waals surface area (Å²) in [6.07, 6.45) is 11.5. The Labute approximate surface area is 202 Å². The van der Waals surface area contributed by atoms with Crippen LogP contribution < -0.4 is 5.32 Å². The lowest BCUT2D eigenvalue weighted by Crippen LogP contribution is -2.50. The predicted octanol–water partition coefficient (Wildman–Crippen LogP) is 6.35. The Balaban J connectivity index is 1.48. The maximum atomic E-state index is 13.8. The average molecular weight is 470 g/mol. The Kier molecular flexibility index (Phi) is 5.87. The number of nitrogens with one attached hydrogen (secondary N) is 1. The first kappa shape index (κ1) is 23.0. The Bertz CT molecular complexity index is 973. The maximum Gasteiger partial charge on any atom is 0.339 e. The fraction of sp³-hybridized carbons (Fsp3) is 0.643. The largest absolute Gasteiger partial charge is 0.462 e. The van der Waals surface area contributed by atoms with E-state index in [9.17, 15) is 9.59 Å². The SMILES string of the molecule is CCCCOC(=O)c1cc2c(cc1Cl)CC(C)(C)N/C2=C\C(=O)C12CC3CC(CC(C3)C1)C2. The van der Waals surface area contributed by atoms with Crippen LogP contribution in [0.15, 0.2) is 18.2 Å². The molecule has 0 atom stereocenters. The lowest BCUT2D eigenvalue weighted by atomic mass is 9.48. The van der Waals surface area contributed by atoms with Gasteiger partial charge in [0.05, 0.1) is 17.2 Å². The van der Waals surface area contributed by atoms with Gasteiger partial charge >= 0.3 is 5.97 Å². The summed E-state index contributed by atoms with van der Waals surface area (Å²) in [4.78, 5) is 26.5. The number of benzene rings is 1. The molecule has 0 saturated heterocycles. The minimum Gasteiger partial charge on any atom is -0.462 e. The van der Waals surface area contributed by atoms with Crippen LogP contribution in [0, 0.1) is 23.2 Å². The van der Waals surface area contributed by atoms with Crippen molar-refractivity contribution >= 4 is 29.1 Å². The summed E-state index contributed by atoms with van der Waals surface area (Å²) in [6, 6.07) is 3.71. The molecule has 4 saturated carbocycles. The monoisotopic (exact) mass is 469 g/mol. The summed E-state index contributed by atoms with van der Waals surface area (Å²) in [5.74, 6) is 2.06. The number of hydrogen-bond donors (Lipinski definition) is 1. The van der Waals surface area contributed by atoms with E-state index < -0.39 is 5.97 Å². The second-order valence-corrected chi connectivity index (χ2v) is 12.2. The Morgan fingerprint density at radius 1 is 1.12 bits per heavy atom. The lowest BCUT2D eigenvalue weighted by Gasteiger charge is -2.55. The number of fused-ring (bicyclic) bond motifs is 1. The molecule has 4 bridgehead atoms. The molecule has 1 aliphatic heterocycles. The van der Waals surface area contributed by atoms with Crippen molar-refractivity contribution in [2.45, 2.75) is 84.1 Å². The zero-order valence-electron chi connectivity index (χ0n) is 20.1. The molecule has 4 fully saturated rings. The Morgan fingerprint density at radius 3 is 2.36 bits per heavy atom. The Hall–Kier alpha value is -1.81. The molecule has 0 spiro atoms. The van der Waals surface area contributed by atoms with E-state index >= 15 is 0 Å². The van der Waals surface area contributed by atoms with Gasteiger partial charge in [-0.15, -0.1) is 0 Å². The molecule has 1 heterocycles. The first-order valence-corrected chi connectivity index (χ1v) is 13.1. The second kappa shape index (κ2) is 8.45. The molecule has 6 rings (SSSR count). The van der Waals surface area contributed by atoms with Gasteiger partial charge in [0.25, 0.3) is 0 Å². The third-order valence-electron chi connectivity index (χ3n) is 8.38. The highest BCUT2D eigenvalue weighted by molar-refractivity contribution is 6.33. The number of carbonyl (C=O) groups excluding carboxylic acids is 2. The third kappa shape index (κ3) is 4.36. The molecule has 5 heteroatoms. The van der Waals surface area contributed by atoms with Crippen LogP contribution in [-0.2, 0) is 16.0 Å². The number of unbranched alkanes of at least 4 members (excludes halogenated alkanes) is 1. The number of ether oxygens (including phenoxy) is 1. The molecule has 1 aromatic carbocycles. The molecule has 0 unspecified atom stereocenters. The van der Waals surface area contributed by atoms with Gasteiger partial charge in [0.15, 0.2) is 5.78 Å². The van der Waals surface area contributed by atoms with Gasteiger partial charge in [-0.2, -0.15) is 0 Å². The molecule has 33 heavy (non-hydrogen) atoms. The molecule has 0 aromatic heterocycles. The molecule has 1 aromatic rings. The fourth-order valence-corrected chi connectivity index (χ4v) is 7.58. The minimum absolute atomic E-state index is 0.181. The molecular formula is C28H36ClNO3. The molecule has 178 valence electrons.